The number of nitrogens with zero attached hydrogens (tertiary/aromatic N) is 2. The van der Waals surface area contributed by atoms with Crippen LogP contribution in [0.1, 0.15) is 12.7 Å². The van der Waals surface area contributed by atoms with Gasteiger partial charge in [0, 0.05) is 37.7 Å². The van der Waals surface area contributed by atoms with Gasteiger partial charge >= 0.3 is 0 Å². The van der Waals surface area contributed by atoms with Crippen LogP contribution in [0.4, 0.5) is 5.69 Å². The van der Waals surface area contributed by atoms with Crippen LogP contribution in [-0.4, -0.2) is 29.0 Å². The van der Waals surface area contributed by atoms with Crippen molar-refractivity contribution in [1.29, 1.82) is 0 Å². The number of hydrogen-bond donors (Lipinski definition) is 1. The second-order valence-electron chi connectivity index (χ2n) is 4.03. The molecule has 0 radical (unpaired) electrons. The zero-order valence-electron chi connectivity index (χ0n) is 11.3. The molecule has 7 heteroatoms. The Balaban J connectivity index is 1.95. The van der Waals surface area contributed by atoms with Gasteiger partial charge in [0.15, 0.2) is 0 Å². The average Bonchev–Trinajstić information content (AvgIpc) is 2.86. The minimum absolute atomic E-state index is 0.106. The smallest absolute Gasteiger partial charge is 0.298 e. The predicted octanol–water partition coefficient (Wildman–Crippen LogP) is 2.48. The molecule has 6 nitrogen and oxygen atoms in total. The highest BCUT2D eigenvalue weighted by atomic mass is 32.1. The topological polar surface area (TPSA) is 73.3 Å². The Bertz CT molecular complexity index is 568. The molecule has 1 aromatic heterocycles. The second-order valence-corrected chi connectivity index (χ2v) is 4.74. The number of carbonyl (C=O) groups excluding carboxylic acids is 1. The first-order valence-electron chi connectivity index (χ1n) is 6.04. The maximum absolute atomic E-state index is 10.9. The van der Waals surface area contributed by atoms with Gasteiger partial charge in [-0.15, -0.1) is 0 Å². The molecular weight excluding hydrogens is 278 g/mol. The fourth-order valence-corrected chi connectivity index (χ4v) is 2.08. The largest absolute Gasteiger partial charge is 0.430 e. The van der Waals surface area contributed by atoms with Gasteiger partial charge in [-0.1, -0.05) is 0 Å². The number of benzene rings is 1. The summed E-state index contributed by atoms with van der Waals surface area (Å²) in [6.07, 6.45) is 0.665. The normalized spacial score (nSPS) is 10.3. The Labute approximate surface area is 120 Å². The molecule has 0 saturated carbocycles. The van der Waals surface area contributed by atoms with E-state index in [9.17, 15) is 4.79 Å². The van der Waals surface area contributed by atoms with Gasteiger partial charge in [0.2, 0.25) is 5.91 Å². The number of anilines is 1. The van der Waals surface area contributed by atoms with E-state index in [1.807, 2.05) is 0 Å². The number of ether oxygens (including phenoxy) is 2. The van der Waals surface area contributed by atoms with Crippen molar-refractivity contribution >= 4 is 23.1 Å². The minimum Gasteiger partial charge on any atom is -0.430 e. The third kappa shape index (κ3) is 4.29. The zero-order chi connectivity index (χ0) is 14.4. The summed E-state index contributed by atoms with van der Waals surface area (Å²) >= 11 is 1.20. The van der Waals surface area contributed by atoms with Crippen molar-refractivity contribution in [3.63, 3.8) is 0 Å². The Kier molecular flexibility index (Phi) is 5.03. The Morgan fingerprint density at radius 3 is 2.75 bits per heavy atom. The molecule has 0 unspecified atom stereocenters. The van der Waals surface area contributed by atoms with E-state index in [-0.39, 0.29) is 5.91 Å². The summed E-state index contributed by atoms with van der Waals surface area (Å²) in [5, 5.41) is 3.18. The zero-order valence-corrected chi connectivity index (χ0v) is 12.1. The molecular formula is C13H15N3O3S. The number of carbonyl (C=O) groups is 1. The summed E-state index contributed by atoms with van der Waals surface area (Å²) in [4.78, 5) is 15.2. The summed E-state index contributed by atoms with van der Waals surface area (Å²) in [6.45, 7) is 2.05. The fraction of sp³-hybridized carbons (Fsp3) is 0.308. The molecule has 0 atom stereocenters. The molecule has 0 bridgehead atoms. The van der Waals surface area contributed by atoms with Gasteiger partial charge in [-0.05, 0) is 24.3 Å². The number of hydrogen-bond acceptors (Lipinski definition) is 6. The minimum atomic E-state index is -0.106. The molecule has 1 N–H and O–H groups in total. The number of rotatable bonds is 6. The van der Waals surface area contributed by atoms with Gasteiger partial charge in [0.25, 0.3) is 5.19 Å². The first kappa shape index (κ1) is 14.4. The Morgan fingerprint density at radius 1 is 1.35 bits per heavy atom. The quantitative estimate of drug-likeness (QED) is 0.885. The lowest BCUT2D eigenvalue weighted by atomic mass is 10.3. The summed E-state index contributed by atoms with van der Waals surface area (Å²) in [6, 6.07) is 7.07. The van der Waals surface area contributed by atoms with Crippen LogP contribution >= 0.6 is 11.5 Å². The lowest BCUT2D eigenvalue weighted by Gasteiger charge is -2.04. The fourth-order valence-electron chi connectivity index (χ4n) is 1.48. The third-order valence-electron chi connectivity index (χ3n) is 2.36. The Morgan fingerprint density at radius 2 is 2.10 bits per heavy atom. The van der Waals surface area contributed by atoms with Gasteiger partial charge in [0.1, 0.15) is 11.6 Å². The van der Waals surface area contributed by atoms with E-state index in [1.54, 1.807) is 31.4 Å². The summed E-state index contributed by atoms with van der Waals surface area (Å²) < 4.78 is 14.7. The van der Waals surface area contributed by atoms with E-state index in [4.69, 9.17) is 9.47 Å². The van der Waals surface area contributed by atoms with Gasteiger partial charge in [-0.3, -0.25) is 4.79 Å². The SMILES string of the molecule is COCCc1nsc(Oc2ccc(NC(C)=O)cc2)n1. The Hall–Kier alpha value is -1.99. The van der Waals surface area contributed by atoms with E-state index < -0.39 is 0 Å². The van der Waals surface area contributed by atoms with Crippen LogP contribution < -0.4 is 10.1 Å². The van der Waals surface area contributed by atoms with Crippen molar-refractivity contribution in [2.75, 3.05) is 19.0 Å². The first-order valence-corrected chi connectivity index (χ1v) is 6.82. The molecule has 0 fully saturated rings. The molecule has 106 valence electrons. The highest BCUT2D eigenvalue weighted by Crippen LogP contribution is 2.24. The van der Waals surface area contributed by atoms with Gasteiger partial charge in [-0.2, -0.15) is 9.36 Å². The molecule has 0 aliphatic heterocycles. The molecule has 1 heterocycles. The molecule has 2 rings (SSSR count). The lowest BCUT2D eigenvalue weighted by molar-refractivity contribution is -0.114. The van der Waals surface area contributed by atoms with Crippen LogP contribution in [0.5, 0.6) is 10.9 Å². The van der Waals surface area contributed by atoms with Crippen LogP contribution in [0, 0.1) is 0 Å². The van der Waals surface area contributed by atoms with E-state index in [0.29, 0.717) is 29.8 Å². The summed E-state index contributed by atoms with van der Waals surface area (Å²) in [5.74, 6) is 1.25. The maximum atomic E-state index is 10.9. The van der Waals surface area contributed by atoms with E-state index in [0.717, 1.165) is 5.69 Å². The van der Waals surface area contributed by atoms with Crippen molar-refractivity contribution in [2.45, 2.75) is 13.3 Å². The van der Waals surface area contributed by atoms with Crippen LogP contribution in [-0.2, 0) is 16.0 Å². The monoisotopic (exact) mass is 293 g/mol. The van der Waals surface area contributed by atoms with Crippen molar-refractivity contribution in [1.82, 2.24) is 9.36 Å². The lowest BCUT2D eigenvalue weighted by Crippen LogP contribution is -2.05. The van der Waals surface area contributed by atoms with Crippen LogP contribution in [0.25, 0.3) is 0 Å². The molecule has 0 aliphatic carbocycles. The van der Waals surface area contributed by atoms with Crippen molar-refractivity contribution < 1.29 is 14.3 Å². The first-order chi connectivity index (χ1) is 9.67. The third-order valence-corrected chi connectivity index (χ3v) is 2.99. The molecule has 20 heavy (non-hydrogen) atoms. The molecule has 0 saturated heterocycles. The van der Waals surface area contributed by atoms with Crippen LogP contribution in [0.2, 0.25) is 0 Å². The van der Waals surface area contributed by atoms with Crippen molar-refractivity contribution in [2.24, 2.45) is 0 Å². The molecule has 1 amide bonds. The van der Waals surface area contributed by atoms with Gasteiger partial charge in [0.05, 0.1) is 6.61 Å². The standard InChI is InChI=1S/C13H15N3O3S/c1-9(17)14-10-3-5-11(6-4-10)19-13-15-12(16-20-13)7-8-18-2/h3-6H,7-8H2,1-2H3,(H,14,17). The molecule has 0 spiro atoms. The van der Waals surface area contributed by atoms with E-state index >= 15 is 0 Å². The summed E-state index contributed by atoms with van der Waals surface area (Å²) in [5.41, 5.74) is 0.725. The number of aromatic nitrogens is 2. The van der Waals surface area contributed by atoms with Gasteiger partial charge < -0.3 is 14.8 Å². The summed E-state index contributed by atoms with van der Waals surface area (Å²) in [7, 11) is 1.64. The van der Waals surface area contributed by atoms with Crippen LogP contribution in [0.3, 0.4) is 0 Å². The molecule has 2 aromatic rings. The number of methoxy groups -OCH3 is 1. The van der Waals surface area contributed by atoms with E-state index in [1.165, 1.54) is 18.5 Å². The predicted molar refractivity (Wildman–Crippen MR) is 76.3 cm³/mol. The second kappa shape index (κ2) is 6.97. The average molecular weight is 293 g/mol. The number of nitrogens with one attached hydrogen (secondary N) is 1. The maximum Gasteiger partial charge on any atom is 0.298 e. The molecule has 0 aliphatic rings. The van der Waals surface area contributed by atoms with E-state index in [2.05, 4.69) is 14.7 Å². The van der Waals surface area contributed by atoms with Gasteiger partial charge in [-0.25, -0.2) is 0 Å². The number of amides is 1. The molecule has 1 aromatic carbocycles. The van der Waals surface area contributed by atoms with Crippen molar-refractivity contribution in [3.8, 4) is 10.9 Å². The van der Waals surface area contributed by atoms with Crippen molar-refractivity contribution in [3.05, 3.63) is 30.1 Å². The van der Waals surface area contributed by atoms with Crippen LogP contribution in [0.15, 0.2) is 24.3 Å². The highest BCUT2D eigenvalue weighted by molar-refractivity contribution is 7.07. The highest BCUT2D eigenvalue weighted by Gasteiger charge is 2.06.